The molecule has 0 aromatic heterocycles. The molecule has 1 atom stereocenters. The molecule has 0 fully saturated rings. The number of ether oxygens (including phenoxy) is 1. The molecule has 6 heteroatoms. The molecule has 0 aliphatic carbocycles. The van der Waals surface area contributed by atoms with Crippen molar-refractivity contribution >= 4 is 22.9 Å². The van der Waals surface area contributed by atoms with Gasteiger partial charge < -0.3 is 4.74 Å². The van der Waals surface area contributed by atoms with Crippen LogP contribution in [0.4, 0.5) is 0 Å². The van der Waals surface area contributed by atoms with Crippen molar-refractivity contribution in [2.75, 3.05) is 25.6 Å². The number of nitrogens with zero attached hydrogens (tertiary/aromatic N) is 2. The zero-order chi connectivity index (χ0) is 16.5. The highest BCUT2D eigenvalue weighted by Gasteiger charge is 2.24. The molecule has 0 saturated heterocycles. The number of carbonyl (C=O) groups is 1. The van der Waals surface area contributed by atoms with Gasteiger partial charge in [-0.25, -0.2) is 10.0 Å². The minimum atomic E-state index is -0.268. The zero-order valence-electron chi connectivity index (χ0n) is 13.8. The van der Waals surface area contributed by atoms with Crippen LogP contribution in [-0.2, 0) is 9.53 Å². The van der Waals surface area contributed by atoms with Gasteiger partial charge in [-0.15, -0.1) is 0 Å². The van der Waals surface area contributed by atoms with Crippen LogP contribution in [0.25, 0.3) is 0 Å². The summed E-state index contributed by atoms with van der Waals surface area (Å²) in [7, 11) is 0. The SMILES string of the molecule is CCCCN1CN=C(SCC(C(=O)OCC)c2ccccc2)N1. The maximum Gasteiger partial charge on any atom is 0.314 e. The summed E-state index contributed by atoms with van der Waals surface area (Å²) in [6.07, 6.45) is 2.32. The minimum Gasteiger partial charge on any atom is -0.465 e. The molecule has 0 spiro atoms. The molecule has 1 aliphatic heterocycles. The number of thioether (sulfide) groups is 1. The molecule has 1 heterocycles. The van der Waals surface area contributed by atoms with E-state index in [4.69, 9.17) is 4.74 Å². The summed E-state index contributed by atoms with van der Waals surface area (Å²) < 4.78 is 5.22. The highest BCUT2D eigenvalue weighted by Crippen LogP contribution is 2.23. The highest BCUT2D eigenvalue weighted by atomic mass is 32.2. The number of rotatable bonds is 8. The predicted molar refractivity (Wildman–Crippen MR) is 95.3 cm³/mol. The molecule has 1 aromatic carbocycles. The van der Waals surface area contributed by atoms with E-state index in [1.807, 2.05) is 37.3 Å². The van der Waals surface area contributed by atoms with Crippen molar-refractivity contribution < 1.29 is 9.53 Å². The molecule has 0 saturated carbocycles. The second-order valence-corrected chi connectivity index (χ2v) is 6.37. The third-order valence-electron chi connectivity index (χ3n) is 3.58. The van der Waals surface area contributed by atoms with E-state index in [0.717, 1.165) is 23.7 Å². The molecule has 5 nitrogen and oxygen atoms in total. The molecule has 1 aromatic rings. The van der Waals surface area contributed by atoms with Gasteiger partial charge in [0.15, 0.2) is 5.17 Å². The molecule has 23 heavy (non-hydrogen) atoms. The van der Waals surface area contributed by atoms with Crippen LogP contribution in [0, 0.1) is 0 Å². The standard InChI is InChI=1S/C17H25N3O2S/c1-3-5-11-20-13-18-17(19-20)23-12-15(16(21)22-4-2)14-9-7-6-8-10-14/h6-10,15H,3-5,11-13H2,1-2H3,(H,18,19). The Morgan fingerprint density at radius 1 is 1.39 bits per heavy atom. The summed E-state index contributed by atoms with van der Waals surface area (Å²) >= 11 is 1.57. The molecule has 126 valence electrons. The number of aliphatic imine (C=N–C) groups is 1. The van der Waals surface area contributed by atoms with Gasteiger partial charge in [0.05, 0.1) is 12.5 Å². The van der Waals surface area contributed by atoms with Crippen molar-refractivity contribution in [2.45, 2.75) is 32.6 Å². The molecule has 1 unspecified atom stereocenters. The Morgan fingerprint density at radius 2 is 2.17 bits per heavy atom. The van der Waals surface area contributed by atoms with E-state index in [9.17, 15) is 4.79 Å². The fraction of sp³-hybridized carbons (Fsp3) is 0.529. The van der Waals surface area contributed by atoms with Crippen LogP contribution in [0.2, 0.25) is 0 Å². The number of benzene rings is 1. The Kier molecular flexibility index (Phi) is 7.42. The van der Waals surface area contributed by atoms with Crippen molar-refractivity contribution in [3.05, 3.63) is 35.9 Å². The Labute approximate surface area is 142 Å². The topological polar surface area (TPSA) is 53.9 Å². The first-order valence-electron chi connectivity index (χ1n) is 8.15. The van der Waals surface area contributed by atoms with Crippen LogP contribution in [0.1, 0.15) is 38.2 Å². The lowest BCUT2D eigenvalue weighted by molar-refractivity contribution is -0.144. The molecular formula is C17H25N3O2S. The van der Waals surface area contributed by atoms with Gasteiger partial charge in [-0.3, -0.25) is 10.2 Å². The number of hydrazine groups is 1. The average Bonchev–Trinajstić information content (AvgIpc) is 3.02. The fourth-order valence-electron chi connectivity index (χ4n) is 2.30. The van der Waals surface area contributed by atoms with Crippen LogP contribution < -0.4 is 5.43 Å². The van der Waals surface area contributed by atoms with Crippen molar-refractivity contribution in [2.24, 2.45) is 4.99 Å². The second-order valence-electron chi connectivity index (χ2n) is 5.36. The highest BCUT2D eigenvalue weighted by molar-refractivity contribution is 8.13. The third kappa shape index (κ3) is 5.55. The van der Waals surface area contributed by atoms with Gasteiger partial charge in [0.1, 0.15) is 6.67 Å². The summed E-state index contributed by atoms with van der Waals surface area (Å²) in [4.78, 5) is 16.7. The number of nitrogens with one attached hydrogen (secondary N) is 1. The normalized spacial score (nSPS) is 15.8. The van der Waals surface area contributed by atoms with Crippen LogP contribution >= 0.6 is 11.8 Å². The van der Waals surface area contributed by atoms with E-state index in [2.05, 4.69) is 22.4 Å². The Balaban J connectivity index is 1.90. The number of carbonyl (C=O) groups excluding carboxylic acids is 1. The smallest absolute Gasteiger partial charge is 0.314 e. The van der Waals surface area contributed by atoms with E-state index in [1.165, 1.54) is 6.42 Å². The number of unbranched alkanes of at least 4 members (excludes halogenated alkanes) is 1. The van der Waals surface area contributed by atoms with Gasteiger partial charge >= 0.3 is 5.97 Å². The molecule has 1 N–H and O–H groups in total. The van der Waals surface area contributed by atoms with Crippen LogP contribution in [0.15, 0.2) is 35.3 Å². The average molecular weight is 335 g/mol. The first kappa shape index (κ1) is 17.8. The Bertz CT molecular complexity index is 522. The Morgan fingerprint density at radius 3 is 2.87 bits per heavy atom. The quantitative estimate of drug-likeness (QED) is 0.740. The Hall–Kier alpha value is -1.53. The van der Waals surface area contributed by atoms with Crippen molar-refractivity contribution in [3.63, 3.8) is 0 Å². The van der Waals surface area contributed by atoms with E-state index in [0.29, 0.717) is 19.0 Å². The van der Waals surface area contributed by atoms with Gasteiger partial charge in [-0.05, 0) is 18.9 Å². The number of esters is 1. The summed E-state index contributed by atoms with van der Waals surface area (Å²) in [5.74, 6) is 0.180. The van der Waals surface area contributed by atoms with Gasteiger partial charge in [0, 0.05) is 12.3 Å². The first-order chi connectivity index (χ1) is 11.2. The van der Waals surface area contributed by atoms with E-state index in [-0.39, 0.29) is 11.9 Å². The maximum atomic E-state index is 12.2. The number of hydrogen-bond donors (Lipinski definition) is 1. The van der Waals surface area contributed by atoms with Crippen LogP contribution in [0.3, 0.4) is 0 Å². The summed E-state index contributed by atoms with van der Waals surface area (Å²) in [5.41, 5.74) is 4.28. The third-order valence-corrected chi connectivity index (χ3v) is 4.57. The lowest BCUT2D eigenvalue weighted by atomic mass is 10.0. The second kappa shape index (κ2) is 9.57. The van der Waals surface area contributed by atoms with E-state index >= 15 is 0 Å². The van der Waals surface area contributed by atoms with E-state index < -0.39 is 0 Å². The molecule has 1 aliphatic rings. The van der Waals surface area contributed by atoms with Crippen molar-refractivity contribution in [3.8, 4) is 0 Å². The van der Waals surface area contributed by atoms with Crippen molar-refractivity contribution in [1.82, 2.24) is 10.4 Å². The zero-order valence-corrected chi connectivity index (χ0v) is 14.6. The number of hydrogen-bond acceptors (Lipinski definition) is 6. The van der Waals surface area contributed by atoms with Gasteiger partial charge in [-0.2, -0.15) is 0 Å². The monoisotopic (exact) mass is 335 g/mol. The van der Waals surface area contributed by atoms with Crippen LogP contribution in [-0.4, -0.2) is 41.7 Å². The van der Waals surface area contributed by atoms with Crippen molar-refractivity contribution in [1.29, 1.82) is 0 Å². The summed E-state index contributed by atoms with van der Waals surface area (Å²) in [6, 6.07) is 9.79. The molecule has 0 bridgehead atoms. The first-order valence-corrected chi connectivity index (χ1v) is 9.13. The van der Waals surface area contributed by atoms with Gasteiger partial charge in [0.2, 0.25) is 0 Å². The van der Waals surface area contributed by atoms with Gasteiger partial charge in [0.25, 0.3) is 0 Å². The predicted octanol–water partition coefficient (Wildman–Crippen LogP) is 3.00. The summed E-state index contributed by atoms with van der Waals surface area (Å²) in [6.45, 7) is 6.08. The summed E-state index contributed by atoms with van der Waals surface area (Å²) in [5, 5.41) is 2.99. The van der Waals surface area contributed by atoms with Crippen LogP contribution in [0.5, 0.6) is 0 Å². The molecule has 0 radical (unpaired) electrons. The largest absolute Gasteiger partial charge is 0.465 e. The molecule has 2 rings (SSSR count). The lowest BCUT2D eigenvalue weighted by Gasteiger charge is -2.17. The molecule has 0 amide bonds. The lowest BCUT2D eigenvalue weighted by Crippen LogP contribution is -2.35. The van der Waals surface area contributed by atoms with Gasteiger partial charge in [-0.1, -0.05) is 55.4 Å². The fourth-order valence-corrected chi connectivity index (χ4v) is 3.30. The molecular weight excluding hydrogens is 310 g/mol. The maximum absolute atomic E-state index is 12.2. The number of amidine groups is 1. The minimum absolute atomic E-state index is 0.173. The van der Waals surface area contributed by atoms with E-state index in [1.54, 1.807) is 11.8 Å².